The van der Waals surface area contributed by atoms with Gasteiger partial charge in [0.2, 0.25) is 0 Å². The molecule has 144 valence electrons. The standard InChI is InChI=1S/C18H19F3N4O2/c1-12-16(23-11-13-6-4-3-5-7-13)24(17(26)25(12)27-2)15-10-14(8-9-22-15)18(19,20)21/h3-10,12,16,23H,11H2,1-2H3. The van der Waals surface area contributed by atoms with Gasteiger partial charge < -0.3 is 0 Å². The van der Waals surface area contributed by atoms with Gasteiger partial charge in [0.25, 0.3) is 0 Å². The summed E-state index contributed by atoms with van der Waals surface area (Å²) in [7, 11) is 1.34. The lowest BCUT2D eigenvalue weighted by atomic mass is 10.2. The summed E-state index contributed by atoms with van der Waals surface area (Å²) < 4.78 is 39.2. The Bertz CT molecular complexity index is 801. The fourth-order valence-electron chi connectivity index (χ4n) is 3.03. The van der Waals surface area contributed by atoms with Crippen LogP contribution in [0.5, 0.6) is 0 Å². The van der Waals surface area contributed by atoms with Gasteiger partial charge in [0.15, 0.2) is 0 Å². The molecule has 1 fully saturated rings. The molecule has 6 nitrogen and oxygen atoms in total. The molecule has 27 heavy (non-hydrogen) atoms. The van der Waals surface area contributed by atoms with Crippen molar-refractivity contribution in [3.63, 3.8) is 0 Å². The lowest BCUT2D eigenvalue weighted by Gasteiger charge is -2.25. The molecule has 1 N–H and O–H groups in total. The monoisotopic (exact) mass is 380 g/mol. The zero-order valence-electron chi connectivity index (χ0n) is 14.8. The van der Waals surface area contributed by atoms with Crippen molar-refractivity contribution in [2.24, 2.45) is 0 Å². The number of carbonyl (C=O) groups is 1. The topological polar surface area (TPSA) is 57.7 Å². The summed E-state index contributed by atoms with van der Waals surface area (Å²) in [6.07, 6.45) is -4.10. The van der Waals surface area contributed by atoms with E-state index >= 15 is 0 Å². The number of hydrogen-bond acceptors (Lipinski definition) is 4. The van der Waals surface area contributed by atoms with Crippen molar-refractivity contribution in [3.8, 4) is 0 Å². The van der Waals surface area contributed by atoms with Crippen molar-refractivity contribution < 1.29 is 22.8 Å². The van der Waals surface area contributed by atoms with Crippen molar-refractivity contribution in [2.45, 2.75) is 31.9 Å². The predicted octanol–water partition coefficient (Wildman–Crippen LogP) is 3.41. The van der Waals surface area contributed by atoms with E-state index in [-0.39, 0.29) is 5.82 Å². The Balaban J connectivity index is 1.91. The number of carbonyl (C=O) groups excluding carboxylic acids is 1. The summed E-state index contributed by atoms with van der Waals surface area (Å²) in [6.45, 7) is 2.17. The Hall–Kier alpha value is -2.65. The largest absolute Gasteiger partial charge is 0.416 e. The minimum Gasteiger partial charge on any atom is -0.291 e. The quantitative estimate of drug-likeness (QED) is 0.864. The summed E-state index contributed by atoms with van der Waals surface area (Å²) in [5.74, 6) is -0.0909. The van der Waals surface area contributed by atoms with Crippen LogP contribution >= 0.6 is 0 Å². The van der Waals surface area contributed by atoms with E-state index in [0.29, 0.717) is 6.54 Å². The molecular weight excluding hydrogens is 361 g/mol. The number of pyridine rings is 1. The Morgan fingerprint density at radius 1 is 1.22 bits per heavy atom. The fraction of sp³-hybridized carbons (Fsp3) is 0.333. The SMILES string of the molecule is CON1C(=O)N(c2cc(C(F)(F)F)ccn2)C(NCc2ccccc2)C1C. The zero-order valence-corrected chi connectivity index (χ0v) is 14.8. The number of nitrogens with zero attached hydrogens (tertiary/aromatic N) is 3. The van der Waals surface area contributed by atoms with Crippen molar-refractivity contribution >= 4 is 11.8 Å². The molecule has 0 saturated carbocycles. The first-order valence-corrected chi connectivity index (χ1v) is 8.30. The number of rotatable bonds is 5. The Morgan fingerprint density at radius 3 is 2.56 bits per heavy atom. The maximum Gasteiger partial charge on any atom is 0.416 e. The second-order valence-corrected chi connectivity index (χ2v) is 6.11. The molecule has 0 spiro atoms. The summed E-state index contributed by atoms with van der Waals surface area (Å²) in [5.41, 5.74) is 0.107. The third-order valence-electron chi connectivity index (χ3n) is 4.37. The summed E-state index contributed by atoms with van der Waals surface area (Å²) in [5, 5.41) is 4.33. The fourth-order valence-corrected chi connectivity index (χ4v) is 3.03. The number of hydroxylamine groups is 2. The molecule has 2 atom stereocenters. The first kappa shape index (κ1) is 19.1. The van der Waals surface area contributed by atoms with Crippen molar-refractivity contribution in [2.75, 3.05) is 12.0 Å². The van der Waals surface area contributed by atoms with E-state index in [0.717, 1.165) is 29.0 Å². The minimum atomic E-state index is -4.53. The highest BCUT2D eigenvalue weighted by atomic mass is 19.4. The van der Waals surface area contributed by atoms with Crippen molar-refractivity contribution in [1.82, 2.24) is 15.4 Å². The molecular formula is C18H19F3N4O2. The number of anilines is 1. The molecule has 1 aromatic carbocycles. The molecule has 2 heterocycles. The number of benzene rings is 1. The van der Waals surface area contributed by atoms with Gasteiger partial charge in [-0.05, 0) is 24.6 Å². The Kier molecular flexibility index (Phi) is 5.33. The van der Waals surface area contributed by atoms with Gasteiger partial charge in [-0.15, -0.1) is 0 Å². The first-order chi connectivity index (χ1) is 12.8. The normalized spacial score (nSPS) is 20.4. The van der Waals surface area contributed by atoms with Gasteiger partial charge in [0.1, 0.15) is 12.0 Å². The maximum absolute atomic E-state index is 13.1. The van der Waals surface area contributed by atoms with Gasteiger partial charge in [-0.2, -0.15) is 18.2 Å². The molecule has 2 amide bonds. The third-order valence-corrected chi connectivity index (χ3v) is 4.37. The van der Waals surface area contributed by atoms with Gasteiger partial charge in [-0.25, -0.2) is 9.78 Å². The zero-order chi connectivity index (χ0) is 19.6. The summed E-state index contributed by atoms with van der Waals surface area (Å²) in [4.78, 5) is 23.0. The van der Waals surface area contributed by atoms with Gasteiger partial charge in [0, 0.05) is 12.7 Å². The smallest absolute Gasteiger partial charge is 0.291 e. The molecule has 0 radical (unpaired) electrons. The van der Waals surface area contributed by atoms with E-state index in [4.69, 9.17) is 4.84 Å². The molecule has 3 rings (SSSR count). The average Bonchev–Trinajstić information content (AvgIpc) is 2.89. The molecule has 0 bridgehead atoms. The van der Waals surface area contributed by atoms with Crippen LogP contribution in [0.4, 0.5) is 23.8 Å². The lowest BCUT2D eigenvalue weighted by molar-refractivity contribution is -0.137. The number of urea groups is 1. The number of alkyl halides is 3. The molecule has 9 heteroatoms. The molecule has 2 aromatic rings. The second kappa shape index (κ2) is 7.53. The van der Waals surface area contributed by atoms with Gasteiger partial charge in [0.05, 0.1) is 18.7 Å². The number of hydrogen-bond donors (Lipinski definition) is 1. The van der Waals surface area contributed by atoms with E-state index in [9.17, 15) is 18.0 Å². The van der Waals surface area contributed by atoms with E-state index in [1.165, 1.54) is 12.0 Å². The number of halogens is 3. The van der Waals surface area contributed by atoms with Crippen LogP contribution in [0, 0.1) is 0 Å². The highest BCUT2D eigenvalue weighted by Gasteiger charge is 2.46. The molecule has 2 unspecified atom stereocenters. The lowest BCUT2D eigenvalue weighted by Crippen LogP contribution is -2.47. The highest BCUT2D eigenvalue weighted by Crippen LogP contribution is 2.33. The third kappa shape index (κ3) is 3.88. The molecule has 0 aliphatic carbocycles. The molecule has 1 aliphatic rings. The minimum absolute atomic E-state index is 0.0909. The summed E-state index contributed by atoms with van der Waals surface area (Å²) >= 11 is 0. The number of nitrogens with one attached hydrogen (secondary N) is 1. The Labute approximate surface area is 154 Å². The van der Waals surface area contributed by atoms with Crippen molar-refractivity contribution in [1.29, 1.82) is 0 Å². The van der Waals surface area contributed by atoms with Crippen LogP contribution in [0.2, 0.25) is 0 Å². The second-order valence-electron chi connectivity index (χ2n) is 6.11. The van der Waals surface area contributed by atoms with Gasteiger partial charge in [-0.3, -0.25) is 15.1 Å². The van der Waals surface area contributed by atoms with E-state index in [2.05, 4.69) is 10.3 Å². The highest BCUT2D eigenvalue weighted by molar-refractivity contribution is 5.93. The van der Waals surface area contributed by atoms with Crippen molar-refractivity contribution in [3.05, 3.63) is 59.8 Å². The van der Waals surface area contributed by atoms with Crippen LogP contribution in [0.1, 0.15) is 18.1 Å². The molecule has 1 saturated heterocycles. The molecule has 1 aromatic heterocycles. The van der Waals surface area contributed by atoms with Gasteiger partial charge >= 0.3 is 12.2 Å². The van der Waals surface area contributed by atoms with E-state index in [1.54, 1.807) is 6.92 Å². The maximum atomic E-state index is 13.1. The van der Waals surface area contributed by atoms with Crippen LogP contribution in [0.25, 0.3) is 0 Å². The van der Waals surface area contributed by atoms with Crippen LogP contribution in [0.15, 0.2) is 48.7 Å². The van der Waals surface area contributed by atoms with E-state index < -0.39 is 30.0 Å². The predicted molar refractivity (Wildman–Crippen MR) is 92.5 cm³/mol. The summed E-state index contributed by atoms with van der Waals surface area (Å²) in [6, 6.07) is 10.2. The Morgan fingerprint density at radius 2 is 1.93 bits per heavy atom. The van der Waals surface area contributed by atoms with Crippen LogP contribution in [-0.2, 0) is 17.6 Å². The first-order valence-electron chi connectivity index (χ1n) is 8.30. The average molecular weight is 380 g/mol. The van der Waals surface area contributed by atoms with Crippen LogP contribution < -0.4 is 10.2 Å². The number of aromatic nitrogens is 1. The number of amides is 2. The van der Waals surface area contributed by atoms with Crippen LogP contribution in [0.3, 0.4) is 0 Å². The molecule has 1 aliphatic heterocycles. The van der Waals surface area contributed by atoms with E-state index in [1.807, 2.05) is 30.3 Å². The van der Waals surface area contributed by atoms with Crippen LogP contribution in [-0.4, -0.2) is 35.4 Å². The van der Waals surface area contributed by atoms with Gasteiger partial charge in [-0.1, -0.05) is 30.3 Å².